The Hall–Kier alpha value is -2.66. The maximum Gasteiger partial charge on any atom is 0.278 e. The zero-order valence-corrected chi connectivity index (χ0v) is 13.8. The summed E-state index contributed by atoms with van der Waals surface area (Å²) >= 11 is 1.66. The molecule has 5 heteroatoms. The van der Waals surface area contributed by atoms with Gasteiger partial charge in [0.25, 0.3) is 5.91 Å². The molecular formula is C18H17N3OS. The standard InChI is InChI=1S/C18H17N3OS/c1-20(2)16-8-5-14(6-9-16)18(22)21-12-11-15(19-21)7-10-17-4-3-13-23-17/h3-13H,1-2H3/b10-7+. The third-order valence-electron chi connectivity index (χ3n) is 3.41. The quantitative estimate of drug-likeness (QED) is 0.731. The largest absolute Gasteiger partial charge is 0.378 e. The number of hydrogen-bond donors (Lipinski definition) is 0. The van der Waals surface area contributed by atoms with E-state index in [2.05, 4.69) is 5.10 Å². The van der Waals surface area contributed by atoms with Gasteiger partial charge in [-0.25, -0.2) is 4.68 Å². The predicted octanol–water partition coefficient (Wildman–Crippen LogP) is 3.87. The van der Waals surface area contributed by atoms with Gasteiger partial charge in [-0.1, -0.05) is 6.07 Å². The van der Waals surface area contributed by atoms with Crippen molar-refractivity contribution in [3.05, 3.63) is 70.2 Å². The third-order valence-corrected chi connectivity index (χ3v) is 4.25. The van der Waals surface area contributed by atoms with Crippen LogP contribution in [-0.2, 0) is 0 Å². The Labute approximate surface area is 139 Å². The van der Waals surface area contributed by atoms with Crippen LogP contribution in [0.3, 0.4) is 0 Å². The Morgan fingerprint density at radius 2 is 1.91 bits per heavy atom. The molecule has 116 valence electrons. The highest BCUT2D eigenvalue weighted by Gasteiger charge is 2.09. The SMILES string of the molecule is CN(C)c1ccc(C(=O)n2ccc(/C=C/c3cccs3)n2)cc1. The maximum atomic E-state index is 12.4. The molecule has 0 bridgehead atoms. The van der Waals surface area contributed by atoms with Gasteiger partial charge >= 0.3 is 0 Å². The van der Waals surface area contributed by atoms with E-state index in [4.69, 9.17) is 0 Å². The summed E-state index contributed by atoms with van der Waals surface area (Å²) in [5.74, 6) is -0.133. The molecule has 0 saturated heterocycles. The van der Waals surface area contributed by atoms with Crippen molar-refractivity contribution >= 4 is 35.1 Å². The Morgan fingerprint density at radius 1 is 1.13 bits per heavy atom. The second kappa shape index (κ2) is 6.62. The van der Waals surface area contributed by atoms with Gasteiger partial charge in [-0.2, -0.15) is 5.10 Å². The molecule has 0 N–H and O–H groups in total. The zero-order chi connectivity index (χ0) is 16.2. The van der Waals surface area contributed by atoms with Crippen LogP contribution >= 0.6 is 11.3 Å². The number of carbonyl (C=O) groups is 1. The second-order valence-electron chi connectivity index (χ2n) is 5.28. The normalized spacial score (nSPS) is 11.0. The van der Waals surface area contributed by atoms with Crippen molar-refractivity contribution in [1.29, 1.82) is 0 Å². The number of hydrogen-bond acceptors (Lipinski definition) is 4. The lowest BCUT2D eigenvalue weighted by molar-refractivity contribution is 0.0945. The zero-order valence-electron chi connectivity index (χ0n) is 13.0. The number of thiophene rings is 1. The van der Waals surface area contributed by atoms with Crippen LogP contribution in [0.15, 0.2) is 54.0 Å². The van der Waals surface area contributed by atoms with Gasteiger partial charge in [0.05, 0.1) is 5.69 Å². The molecule has 0 amide bonds. The van der Waals surface area contributed by atoms with Crippen molar-refractivity contribution in [3.63, 3.8) is 0 Å². The summed E-state index contributed by atoms with van der Waals surface area (Å²) in [5, 5.41) is 6.35. The Morgan fingerprint density at radius 3 is 2.57 bits per heavy atom. The van der Waals surface area contributed by atoms with Gasteiger partial charge in [0.15, 0.2) is 0 Å². The van der Waals surface area contributed by atoms with Crippen LogP contribution in [0.4, 0.5) is 5.69 Å². The van der Waals surface area contributed by atoms with E-state index in [1.54, 1.807) is 17.5 Å². The molecule has 0 unspecified atom stereocenters. The second-order valence-corrected chi connectivity index (χ2v) is 6.26. The molecule has 0 fully saturated rings. The number of nitrogens with zero attached hydrogens (tertiary/aromatic N) is 3. The van der Waals surface area contributed by atoms with E-state index in [1.807, 2.05) is 79.0 Å². The Kier molecular flexibility index (Phi) is 4.39. The number of rotatable bonds is 4. The summed E-state index contributed by atoms with van der Waals surface area (Å²) in [6.45, 7) is 0. The number of anilines is 1. The molecule has 3 aromatic rings. The fraction of sp³-hybridized carbons (Fsp3) is 0.111. The molecular weight excluding hydrogens is 306 g/mol. The van der Waals surface area contributed by atoms with Crippen LogP contribution in [0.25, 0.3) is 12.2 Å². The lowest BCUT2D eigenvalue weighted by Crippen LogP contribution is -2.13. The van der Waals surface area contributed by atoms with Gasteiger partial charge in [0.1, 0.15) is 0 Å². The monoisotopic (exact) mass is 323 g/mol. The van der Waals surface area contributed by atoms with Crippen LogP contribution in [0, 0.1) is 0 Å². The molecule has 0 atom stereocenters. The smallest absolute Gasteiger partial charge is 0.278 e. The van der Waals surface area contributed by atoms with Crippen molar-refractivity contribution in [3.8, 4) is 0 Å². The fourth-order valence-corrected chi connectivity index (χ4v) is 2.75. The van der Waals surface area contributed by atoms with Crippen molar-refractivity contribution in [2.45, 2.75) is 0 Å². The van der Waals surface area contributed by atoms with Crippen molar-refractivity contribution in [2.24, 2.45) is 0 Å². The van der Waals surface area contributed by atoms with Gasteiger partial charge in [0.2, 0.25) is 0 Å². The van der Waals surface area contributed by atoms with Crippen LogP contribution in [0.1, 0.15) is 20.9 Å². The topological polar surface area (TPSA) is 38.1 Å². The third kappa shape index (κ3) is 3.57. The lowest BCUT2D eigenvalue weighted by Gasteiger charge is -2.12. The Bertz CT molecular complexity index is 814. The van der Waals surface area contributed by atoms with Crippen molar-refractivity contribution in [1.82, 2.24) is 9.78 Å². The van der Waals surface area contributed by atoms with Gasteiger partial charge in [-0.05, 0) is 53.9 Å². The predicted molar refractivity (Wildman–Crippen MR) is 96.0 cm³/mol. The first-order valence-electron chi connectivity index (χ1n) is 7.23. The fourth-order valence-electron chi connectivity index (χ4n) is 2.13. The highest BCUT2D eigenvalue weighted by atomic mass is 32.1. The van der Waals surface area contributed by atoms with E-state index in [-0.39, 0.29) is 5.91 Å². The van der Waals surface area contributed by atoms with Crippen LogP contribution in [-0.4, -0.2) is 29.8 Å². The maximum absolute atomic E-state index is 12.4. The van der Waals surface area contributed by atoms with Crippen molar-refractivity contribution < 1.29 is 4.79 Å². The highest BCUT2D eigenvalue weighted by molar-refractivity contribution is 7.10. The minimum absolute atomic E-state index is 0.133. The number of benzene rings is 1. The lowest BCUT2D eigenvalue weighted by atomic mass is 10.2. The first kappa shape index (κ1) is 15.2. The minimum Gasteiger partial charge on any atom is -0.378 e. The number of aromatic nitrogens is 2. The summed E-state index contributed by atoms with van der Waals surface area (Å²) in [6.07, 6.45) is 5.59. The molecule has 3 rings (SSSR count). The average Bonchev–Trinajstić information content (AvgIpc) is 3.24. The first-order chi connectivity index (χ1) is 11.1. The molecule has 2 heterocycles. The van der Waals surface area contributed by atoms with Crippen LogP contribution in [0.2, 0.25) is 0 Å². The first-order valence-corrected chi connectivity index (χ1v) is 8.11. The van der Waals surface area contributed by atoms with Gasteiger partial charge < -0.3 is 4.90 Å². The Balaban J connectivity index is 1.75. The van der Waals surface area contributed by atoms with E-state index in [0.717, 1.165) is 16.3 Å². The van der Waals surface area contributed by atoms with E-state index in [1.165, 1.54) is 4.68 Å². The molecule has 0 saturated carbocycles. The molecule has 1 aromatic carbocycles. The van der Waals surface area contributed by atoms with Crippen molar-refractivity contribution in [2.75, 3.05) is 19.0 Å². The highest BCUT2D eigenvalue weighted by Crippen LogP contribution is 2.14. The minimum atomic E-state index is -0.133. The molecule has 0 radical (unpaired) electrons. The molecule has 2 aromatic heterocycles. The summed E-state index contributed by atoms with van der Waals surface area (Å²) in [5.41, 5.74) is 2.44. The van der Waals surface area contributed by atoms with Crippen LogP contribution < -0.4 is 4.90 Å². The molecule has 0 spiro atoms. The van der Waals surface area contributed by atoms with Gasteiger partial charge in [-0.3, -0.25) is 4.79 Å². The summed E-state index contributed by atoms with van der Waals surface area (Å²) < 4.78 is 1.37. The summed E-state index contributed by atoms with van der Waals surface area (Å²) in [4.78, 5) is 15.6. The van der Waals surface area contributed by atoms with Gasteiger partial charge in [0, 0.05) is 36.4 Å². The summed E-state index contributed by atoms with van der Waals surface area (Å²) in [6, 6.07) is 13.4. The molecule has 0 aliphatic rings. The van der Waals surface area contributed by atoms with Gasteiger partial charge in [-0.15, -0.1) is 11.3 Å². The number of carbonyl (C=O) groups excluding carboxylic acids is 1. The average molecular weight is 323 g/mol. The van der Waals surface area contributed by atoms with E-state index < -0.39 is 0 Å². The molecule has 23 heavy (non-hydrogen) atoms. The van der Waals surface area contributed by atoms with E-state index >= 15 is 0 Å². The molecule has 0 aliphatic heterocycles. The summed E-state index contributed by atoms with van der Waals surface area (Å²) in [7, 11) is 3.94. The van der Waals surface area contributed by atoms with E-state index in [9.17, 15) is 4.79 Å². The molecule has 4 nitrogen and oxygen atoms in total. The van der Waals surface area contributed by atoms with Crippen LogP contribution in [0.5, 0.6) is 0 Å². The molecule has 0 aliphatic carbocycles. The van der Waals surface area contributed by atoms with E-state index in [0.29, 0.717) is 5.56 Å².